The van der Waals surface area contributed by atoms with Gasteiger partial charge in [0.25, 0.3) is 5.56 Å². The number of nitrogens with zero attached hydrogens (tertiary/aromatic N) is 2. The van der Waals surface area contributed by atoms with Crippen molar-refractivity contribution in [3.8, 4) is 11.5 Å². The second-order valence-corrected chi connectivity index (χ2v) is 11.1. The van der Waals surface area contributed by atoms with Crippen molar-refractivity contribution in [3.63, 3.8) is 0 Å². The average Bonchev–Trinajstić information content (AvgIpc) is 3.56. The molecule has 10 heteroatoms. The number of carbonyl (C=O) groups is 1. The molecule has 4 aromatic rings. The van der Waals surface area contributed by atoms with E-state index < -0.39 is 12.0 Å². The Hall–Kier alpha value is -3.66. The Bertz CT molecular complexity index is 1720. The third kappa shape index (κ3) is 5.56. The highest BCUT2D eigenvalue weighted by molar-refractivity contribution is 7.10. The van der Waals surface area contributed by atoms with Crippen LogP contribution in [0.15, 0.2) is 81.0 Å². The molecule has 1 atom stereocenters. The molecule has 0 unspecified atom stereocenters. The number of hydrogen-bond acceptors (Lipinski definition) is 8. The van der Waals surface area contributed by atoms with Crippen LogP contribution < -0.4 is 24.4 Å². The minimum atomic E-state index is -0.597. The summed E-state index contributed by atoms with van der Waals surface area (Å²) in [4.78, 5) is 32.6. The molecule has 2 aromatic carbocycles. The maximum absolute atomic E-state index is 13.7. The number of ether oxygens (including phenoxy) is 3. The highest BCUT2D eigenvalue weighted by Gasteiger charge is 2.33. The number of aromatic nitrogens is 1. The summed E-state index contributed by atoms with van der Waals surface area (Å²) in [5.41, 5.74) is 2.44. The number of esters is 1. The van der Waals surface area contributed by atoms with Crippen LogP contribution in [0.5, 0.6) is 11.5 Å². The fourth-order valence-corrected chi connectivity index (χ4v) is 6.29. The number of benzene rings is 2. The number of fused-ring (bicyclic) bond motifs is 1. The van der Waals surface area contributed by atoms with Crippen molar-refractivity contribution in [1.29, 1.82) is 0 Å². The van der Waals surface area contributed by atoms with Crippen LogP contribution in [0.2, 0.25) is 5.02 Å². The minimum Gasteiger partial charge on any atom is -0.493 e. The number of methoxy groups -OCH3 is 1. The normalized spacial score (nSPS) is 15.1. The number of thiazole rings is 1. The van der Waals surface area contributed by atoms with E-state index in [1.54, 1.807) is 31.6 Å². The molecule has 0 saturated heterocycles. The van der Waals surface area contributed by atoms with Gasteiger partial charge < -0.3 is 14.2 Å². The van der Waals surface area contributed by atoms with E-state index >= 15 is 0 Å². The van der Waals surface area contributed by atoms with Crippen molar-refractivity contribution in [3.05, 3.63) is 112 Å². The van der Waals surface area contributed by atoms with Crippen molar-refractivity contribution >= 4 is 46.3 Å². The predicted octanol–water partition coefficient (Wildman–Crippen LogP) is 5.10. The topological polar surface area (TPSA) is 79.1 Å². The van der Waals surface area contributed by atoms with Crippen molar-refractivity contribution in [2.75, 3.05) is 13.7 Å². The van der Waals surface area contributed by atoms with Gasteiger partial charge in [0.05, 0.1) is 29.5 Å². The Kier molecular flexibility index (Phi) is 8.02. The van der Waals surface area contributed by atoms with Gasteiger partial charge in [0.1, 0.15) is 12.6 Å². The Morgan fingerprint density at radius 2 is 1.95 bits per heavy atom. The van der Waals surface area contributed by atoms with E-state index in [0.717, 1.165) is 16.0 Å². The lowest BCUT2D eigenvalue weighted by molar-refractivity contribution is -0.139. The number of allylic oxidation sites excluding steroid dienone is 1. The first-order chi connectivity index (χ1) is 18.9. The monoisotopic (exact) mass is 580 g/mol. The van der Waals surface area contributed by atoms with Crippen molar-refractivity contribution in [2.45, 2.75) is 26.5 Å². The summed E-state index contributed by atoms with van der Waals surface area (Å²) < 4.78 is 18.9. The number of rotatable bonds is 8. The van der Waals surface area contributed by atoms with Gasteiger partial charge in [-0.2, -0.15) is 0 Å². The minimum absolute atomic E-state index is 0.228. The zero-order valence-corrected chi connectivity index (χ0v) is 23.9. The van der Waals surface area contributed by atoms with Crippen LogP contribution in [0.1, 0.15) is 35.9 Å². The van der Waals surface area contributed by atoms with Crippen LogP contribution in [0, 0.1) is 0 Å². The van der Waals surface area contributed by atoms with Crippen LogP contribution in [0.3, 0.4) is 0 Å². The van der Waals surface area contributed by atoms with Gasteiger partial charge >= 0.3 is 5.97 Å². The number of thiophene rings is 1. The fraction of sp³-hybridized carbons (Fsp3) is 0.207. The van der Waals surface area contributed by atoms with Gasteiger partial charge in [-0.3, -0.25) is 9.36 Å². The van der Waals surface area contributed by atoms with Crippen LogP contribution in [-0.4, -0.2) is 24.3 Å². The molecule has 0 N–H and O–H groups in total. The first-order valence-corrected chi connectivity index (χ1v) is 14.3. The Labute approximate surface area is 237 Å². The molecule has 1 aliphatic heterocycles. The van der Waals surface area contributed by atoms with Crippen LogP contribution >= 0.6 is 34.3 Å². The van der Waals surface area contributed by atoms with Gasteiger partial charge in [-0.25, -0.2) is 9.79 Å². The molecular weight excluding hydrogens is 556 g/mol. The van der Waals surface area contributed by atoms with Gasteiger partial charge in [0, 0.05) is 9.90 Å². The van der Waals surface area contributed by atoms with Crippen LogP contribution in [-0.2, 0) is 16.1 Å². The molecule has 0 fully saturated rings. The maximum Gasteiger partial charge on any atom is 0.338 e. The fourth-order valence-electron chi connectivity index (χ4n) is 4.29. The molecule has 0 radical (unpaired) electrons. The molecule has 5 rings (SSSR count). The third-order valence-electron chi connectivity index (χ3n) is 6.12. The largest absolute Gasteiger partial charge is 0.493 e. The van der Waals surface area contributed by atoms with Crippen molar-refractivity contribution in [1.82, 2.24) is 4.57 Å². The zero-order chi connectivity index (χ0) is 27.5. The molecule has 0 saturated carbocycles. The number of hydrogen-bond donors (Lipinski definition) is 0. The summed E-state index contributed by atoms with van der Waals surface area (Å²) in [7, 11) is 1.57. The molecule has 1 aliphatic rings. The van der Waals surface area contributed by atoms with E-state index in [9.17, 15) is 9.59 Å². The number of halogens is 1. The summed E-state index contributed by atoms with van der Waals surface area (Å²) in [5, 5.41) is 2.59. The maximum atomic E-state index is 13.7. The summed E-state index contributed by atoms with van der Waals surface area (Å²) in [5.74, 6) is 0.659. The Morgan fingerprint density at radius 1 is 1.15 bits per heavy atom. The van der Waals surface area contributed by atoms with Crippen molar-refractivity contribution in [2.24, 2.45) is 4.99 Å². The summed E-state index contributed by atoms with van der Waals surface area (Å²) in [6.07, 6.45) is 1.80. The second-order valence-electron chi connectivity index (χ2n) is 8.64. The molecule has 2 aromatic heterocycles. The van der Waals surface area contributed by atoms with E-state index in [1.807, 2.05) is 60.0 Å². The van der Waals surface area contributed by atoms with E-state index in [1.165, 1.54) is 22.7 Å². The molecular formula is C29H25ClN2O5S2. The average molecular weight is 581 g/mol. The Balaban J connectivity index is 1.51. The quantitative estimate of drug-likeness (QED) is 0.271. The molecule has 0 amide bonds. The predicted molar refractivity (Wildman–Crippen MR) is 153 cm³/mol. The smallest absolute Gasteiger partial charge is 0.338 e. The molecule has 39 heavy (non-hydrogen) atoms. The lowest BCUT2D eigenvalue weighted by atomic mass is 10.0. The van der Waals surface area contributed by atoms with E-state index in [2.05, 4.69) is 4.99 Å². The molecule has 7 nitrogen and oxygen atoms in total. The number of carbonyl (C=O) groups excluding carboxylic acids is 1. The van der Waals surface area contributed by atoms with Gasteiger partial charge in [-0.05, 0) is 66.8 Å². The van der Waals surface area contributed by atoms with Crippen molar-refractivity contribution < 1.29 is 19.0 Å². The molecule has 0 bridgehead atoms. The highest BCUT2D eigenvalue weighted by Crippen LogP contribution is 2.33. The van der Waals surface area contributed by atoms with Crippen LogP contribution in [0.4, 0.5) is 0 Å². The van der Waals surface area contributed by atoms with Gasteiger partial charge in [0.2, 0.25) is 0 Å². The van der Waals surface area contributed by atoms with E-state index in [-0.39, 0.29) is 12.2 Å². The van der Waals surface area contributed by atoms with Gasteiger partial charge in [-0.1, -0.05) is 47.2 Å². The third-order valence-corrected chi connectivity index (χ3v) is 8.28. The highest BCUT2D eigenvalue weighted by atomic mass is 35.5. The van der Waals surface area contributed by atoms with Gasteiger partial charge in [-0.15, -0.1) is 11.3 Å². The lowest BCUT2D eigenvalue weighted by Gasteiger charge is -2.23. The molecule has 3 heterocycles. The summed E-state index contributed by atoms with van der Waals surface area (Å²) in [6, 6.07) is 16.2. The lowest BCUT2D eigenvalue weighted by Crippen LogP contribution is -2.39. The first kappa shape index (κ1) is 26.9. The first-order valence-electron chi connectivity index (χ1n) is 12.2. The molecule has 200 valence electrons. The Morgan fingerprint density at radius 3 is 2.64 bits per heavy atom. The van der Waals surface area contributed by atoms with Crippen LogP contribution in [0.25, 0.3) is 6.08 Å². The summed E-state index contributed by atoms with van der Waals surface area (Å²) >= 11 is 8.72. The second kappa shape index (κ2) is 11.6. The summed E-state index contributed by atoms with van der Waals surface area (Å²) in [6.45, 7) is 4.12. The molecule has 0 aliphatic carbocycles. The van der Waals surface area contributed by atoms with Gasteiger partial charge in [0.15, 0.2) is 16.3 Å². The van der Waals surface area contributed by atoms with E-state index in [4.69, 9.17) is 25.8 Å². The molecule has 0 spiro atoms. The zero-order valence-electron chi connectivity index (χ0n) is 21.5. The van der Waals surface area contributed by atoms with E-state index in [0.29, 0.717) is 43.7 Å². The SMILES string of the molecule is CCOC(=O)C1=C(C)N=c2s/c(=C/c3ccc(OCc4ccc(Cl)cc4)c(OC)c3)c(=O)n2[C@@H]1c1cccs1. The standard InChI is InChI=1S/C29H25ClN2O5S2/c1-4-36-28(34)25-17(2)31-29-32(26(25)23-6-5-13-38-23)27(33)24(39-29)15-19-9-12-21(22(14-19)35-3)37-16-18-7-10-20(30)11-8-18/h5-15,26H,4,16H2,1-3H3/b24-15+/t26-/m1/s1.